The van der Waals surface area contributed by atoms with Gasteiger partial charge in [-0.15, -0.1) is 0 Å². The fourth-order valence-corrected chi connectivity index (χ4v) is 5.48. The first-order valence-electron chi connectivity index (χ1n) is 13.4. The van der Waals surface area contributed by atoms with Crippen molar-refractivity contribution in [1.82, 2.24) is 5.32 Å². The molecule has 9 nitrogen and oxygen atoms in total. The number of ketones is 2. The van der Waals surface area contributed by atoms with E-state index in [2.05, 4.69) is 5.32 Å². The zero-order chi connectivity index (χ0) is 29.5. The van der Waals surface area contributed by atoms with Gasteiger partial charge in [0.15, 0.2) is 11.6 Å². The highest BCUT2D eigenvalue weighted by Gasteiger charge is 2.55. The van der Waals surface area contributed by atoms with Gasteiger partial charge in [-0.1, -0.05) is 30.7 Å². The summed E-state index contributed by atoms with van der Waals surface area (Å²) in [6, 6.07) is 1.40. The van der Waals surface area contributed by atoms with Crippen molar-refractivity contribution >= 4 is 23.4 Å². The Bertz CT molecular complexity index is 1410. The van der Waals surface area contributed by atoms with E-state index in [0.29, 0.717) is 12.8 Å². The number of rotatable bonds is 2. The number of nitrogens with one attached hydrogen (secondary N) is 1. The van der Waals surface area contributed by atoms with E-state index in [4.69, 9.17) is 4.74 Å². The number of benzene rings is 1. The standard InChI is InChI=1S/C31H35NO8/c1-6-18-7-9-21(33)24(11-15(2)3)40-30(38)17(5)13-20-29(37)32-25-14-23(35)26-19(31(20,25)39)12-16(4)28(36)27(26)22(34)10-8-18/h7,9,11-14,18,20-21,24,33,36,39H,6,8,10H2,1-5H3,(H,32,37). The van der Waals surface area contributed by atoms with Crippen LogP contribution in [0.3, 0.4) is 0 Å². The quantitative estimate of drug-likeness (QED) is 0.324. The highest BCUT2D eigenvalue weighted by Crippen LogP contribution is 2.49. The minimum absolute atomic E-state index is 0.000776. The predicted octanol–water partition coefficient (Wildman–Crippen LogP) is 3.46. The number of hydrogen-bond acceptors (Lipinski definition) is 8. The molecule has 2 heterocycles. The van der Waals surface area contributed by atoms with Crippen molar-refractivity contribution in [3.63, 3.8) is 0 Å². The number of aliphatic hydroxyl groups excluding tert-OH is 1. The molecule has 5 atom stereocenters. The van der Waals surface area contributed by atoms with Crippen LogP contribution in [0.25, 0.3) is 0 Å². The molecular formula is C31H35NO8. The minimum Gasteiger partial charge on any atom is -0.507 e. The minimum atomic E-state index is -2.10. The molecule has 3 aliphatic rings. The van der Waals surface area contributed by atoms with E-state index in [1.807, 2.05) is 6.92 Å². The van der Waals surface area contributed by atoms with Crippen LogP contribution in [0.4, 0.5) is 0 Å². The third-order valence-electron chi connectivity index (χ3n) is 7.77. The van der Waals surface area contributed by atoms with E-state index >= 15 is 0 Å². The van der Waals surface area contributed by atoms with Crippen LogP contribution in [-0.2, 0) is 19.9 Å². The number of aryl methyl sites for hydroxylation is 1. The average Bonchev–Trinajstić information content (AvgIpc) is 3.13. The highest BCUT2D eigenvalue weighted by atomic mass is 16.6. The van der Waals surface area contributed by atoms with Crippen LogP contribution in [0.5, 0.6) is 5.75 Å². The van der Waals surface area contributed by atoms with Crippen LogP contribution in [0.15, 0.2) is 53.3 Å². The molecule has 40 heavy (non-hydrogen) atoms. The molecule has 1 amide bonds. The van der Waals surface area contributed by atoms with Crippen molar-refractivity contribution in [1.29, 1.82) is 0 Å². The zero-order valence-corrected chi connectivity index (χ0v) is 23.3. The zero-order valence-electron chi connectivity index (χ0n) is 23.3. The number of ether oxygens (including phenoxy) is 1. The molecule has 4 bridgehead atoms. The van der Waals surface area contributed by atoms with Gasteiger partial charge >= 0.3 is 5.97 Å². The number of aliphatic hydroxyl groups is 2. The molecule has 0 aromatic heterocycles. The molecule has 4 N–H and O–H groups in total. The molecule has 5 unspecified atom stereocenters. The van der Waals surface area contributed by atoms with Crippen LogP contribution >= 0.6 is 0 Å². The Morgan fingerprint density at radius 2 is 1.85 bits per heavy atom. The largest absolute Gasteiger partial charge is 0.507 e. The Labute approximate surface area is 232 Å². The van der Waals surface area contributed by atoms with Crippen molar-refractivity contribution < 1.29 is 39.2 Å². The van der Waals surface area contributed by atoms with E-state index < -0.39 is 47.2 Å². The second kappa shape index (κ2) is 11.0. The molecule has 9 heteroatoms. The van der Waals surface area contributed by atoms with Crippen LogP contribution in [0.1, 0.15) is 78.8 Å². The molecule has 1 aliphatic carbocycles. The summed E-state index contributed by atoms with van der Waals surface area (Å²) < 4.78 is 5.62. The number of allylic oxidation sites excluding steroid dienone is 3. The molecule has 1 aromatic rings. The lowest BCUT2D eigenvalue weighted by atomic mass is 9.72. The maximum atomic E-state index is 13.5. The Morgan fingerprint density at radius 3 is 2.50 bits per heavy atom. The lowest BCUT2D eigenvalue weighted by Crippen LogP contribution is -2.39. The first-order chi connectivity index (χ1) is 18.8. The lowest BCUT2D eigenvalue weighted by molar-refractivity contribution is -0.145. The van der Waals surface area contributed by atoms with Gasteiger partial charge in [0.1, 0.15) is 23.6 Å². The maximum Gasteiger partial charge on any atom is 0.334 e. The summed E-state index contributed by atoms with van der Waals surface area (Å²) in [5, 5.41) is 36.4. The summed E-state index contributed by atoms with van der Waals surface area (Å²) in [6.07, 6.45) is 6.01. The highest BCUT2D eigenvalue weighted by molar-refractivity contribution is 6.17. The Morgan fingerprint density at radius 1 is 1.15 bits per heavy atom. The van der Waals surface area contributed by atoms with E-state index in [0.717, 1.165) is 11.6 Å². The molecule has 0 saturated carbocycles. The van der Waals surface area contributed by atoms with Crippen LogP contribution < -0.4 is 5.32 Å². The molecule has 1 saturated heterocycles. The van der Waals surface area contributed by atoms with Gasteiger partial charge in [0.05, 0.1) is 17.2 Å². The number of Topliss-reactive ketones (excluding diaryl/α,β-unsaturated/α-hetero) is 1. The number of cyclic esters (lactones) is 1. The van der Waals surface area contributed by atoms with Gasteiger partial charge in [0.2, 0.25) is 5.91 Å². The molecule has 0 radical (unpaired) electrons. The summed E-state index contributed by atoms with van der Waals surface area (Å²) in [6.45, 7) is 8.50. The second-order valence-electron chi connectivity index (χ2n) is 11.0. The van der Waals surface area contributed by atoms with Crippen molar-refractivity contribution in [2.75, 3.05) is 0 Å². The number of carbonyl (C=O) groups excluding carboxylic acids is 4. The number of carbonyl (C=O) groups is 4. The fraction of sp³-hybridized carbons (Fsp3) is 0.419. The molecule has 1 aromatic carbocycles. The summed E-state index contributed by atoms with van der Waals surface area (Å²) in [4.78, 5) is 53.1. The third kappa shape index (κ3) is 5.07. The molecule has 1 fully saturated rings. The first kappa shape index (κ1) is 29.2. The van der Waals surface area contributed by atoms with Gasteiger partial charge in [-0.2, -0.15) is 0 Å². The first-order valence-corrected chi connectivity index (χ1v) is 13.4. The van der Waals surface area contributed by atoms with Crippen molar-refractivity contribution in [3.05, 3.63) is 75.5 Å². The summed E-state index contributed by atoms with van der Waals surface area (Å²) in [5.74, 6) is -4.41. The molecule has 0 spiro atoms. The van der Waals surface area contributed by atoms with Crippen LogP contribution in [0, 0.1) is 18.8 Å². The smallest absolute Gasteiger partial charge is 0.334 e. The van der Waals surface area contributed by atoms with Crippen molar-refractivity contribution in [3.8, 4) is 5.75 Å². The number of esters is 1. The number of hydrogen-bond donors (Lipinski definition) is 4. The van der Waals surface area contributed by atoms with Crippen LogP contribution in [-0.4, -0.2) is 51.0 Å². The Balaban J connectivity index is 1.95. The van der Waals surface area contributed by atoms with Gasteiger partial charge in [-0.3, -0.25) is 14.4 Å². The van der Waals surface area contributed by atoms with E-state index in [1.54, 1.807) is 32.9 Å². The summed E-state index contributed by atoms with van der Waals surface area (Å²) in [5.41, 5.74) is -1.48. The van der Waals surface area contributed by atoms with Crippen molar-refractivity contribution in [2.45, 2.75) is 71.7 Å². The SMILES string of the molecule is CCC1C=CC(O)C(C=C(C)C)OC(=O)C(C)=CC2C(=O)NC3=CC(=O)c4c(cc(C)c(O)c4C(=O)CC1)C32O. The second-order valence-corrected chi connectivity index (χ2v) is 11.0. The van der Waals surface area contributed by atoms with Crippen molar-refractivity contribution in [2.24, 2.45) is 11.8 Å². The van der Waals surface area contributed by atoms with E-state index in [9.17, 15) is 34.5 Å². The molecule has 212 valence electrons. The Hall–Kier alpha value is -3.82. The van der Waals surface area contributed by atoms with Gasteiger partial charge in [0, 0.05) is 29.2 Å². The number of phenolic OH excluding ortho intramolecular Hbond substituents is 1. The van der Waals surface area contributed by atoms with Crippen LogP contribution in [0.2, 0.25) is 0 Å². The number of phenols is 1. The molecule has 2 aliphatic heterocycles. The monoisotopic (exact) mass is 549 g/mol. The van der Waals surface area contributed by atoms with Gasteiger partial charge in [0.25, 0.3) is 0 Å². The van der Waals surface area contributed by atoms with E-state index in [1.165, 1.54) is 25.1 Å². The molecule has 4 rings (SSSR count). The predicted molar refractivity (Wildman–Crippen MR) is 146 cm³/mol. The summed E-state index contributed by atoms with van der Waals surface area (Å²) >= 11 is 0. The lowest BCUT2D eigenvalue weighted by Gasteiger charge is -2.34. The van der Waals surface area contributed by atoms with Gasteiger partial charge < -0.3 is 25.4 Å². The number of amides is 1. The Kier molecular flexibility index (Phi) is 8.01. The maximum absolute atomic E-state index is 13.5. The van der Waals surface area contributed by atoms with Gasteiger partial charge in [-0.05, 0) is 64.2 Å². The number of aromatic hydroxyl groups is 1. The third-order valence-corrected chi connectivity index (χ3v) is 7.77. The average molecular weight is 550 g/mol. The van der Waals surface area contributed by atoms with Gasteiger partial charge in [-0.25, -0.2) is 4.79 Å². The molecular weight excluding hydrogens is 514 g/mol. The normalized spacial score (nSPS) is 28.8. The summed E-state index contributed by atoms with van der Waals surface area (Å²) in [7, 11) is 0. The fourth-order valence-electron chi connectivity index (χ4n) is 5.48. The topological polar surface area (TPSA) is 150 Å². The van der Waals surface area contributed by atoms with E-state index in [-0.39, 0.29) is 51.6 Å².